The quantitative estimate of drug-likeness (QED) is 0.681. The second-order valence-electron chi connectivity index (χ2n) is 5.68. The van der Waals surface area contributed by atoms with E-state index in [2.05, 4.69) is 15.4 Å². The second-order valence-corrected chi connectivity index (χ2v) is 5.68. The van der Waals surface area contributed by atoms with E-state index in [1.54, 1.807) is 42.6 Å². The van der Waals surface area contributed by atoms with Gasteiger partial charge in [-0.3, -0.25) is 19.5 Å². The molecule has 0 spiro atoms. The number of nitrogens with one attached hydrogen (secondary N) is 2. The molecule has 0 saturated carbocycles. The summed E-state index contributed by atoms with van der Waals surface area (Å²) in [7, 11) is 1.52. The number of aryl methyl sites for hydroxylation is 1. The van der Waals surface area contributed by atoms with Gasteiger partial charge in [-0.15, -0.1) is 0 Å². The number of aromatic amines is 1. The fraction of sp³-hybridized carbons (Fsp3) is 0.222. The lowest BCUT2D eigenvalue weighted by molar-refractivity contribution is -0.121. The van der Waals surface area contributed by atoms with Crippen LogP contribution in [0.15, 0.2) is 52.2 Å². The van der Waals surface area contributed by atoms with E-state index in [1.165, 1.54) is 11.8 Å². The van der Waals surface area contributed by atoms with Crippen molar-refractivity contribution < 1.29 is 9.53 Å². The van der Waals surface area contributed by atoms with Gasteiger partial charge in [0.15, 0.2) is 0 Å². The molecule has 0 bridgehead atoms. The number of carbonyl (C=O) groups is 1. The van der Waals surface area contributed by atoms with Gasteiger partial charge in [-0.1, -0.05) is 12.1 Å². The van der Waals surface area contributed by atoms with Crippen LogP contribution in [0.25, 0.3) is 10.8 Å². The Morgan fingerprint density at radius 1 is 1.23 bits per heavy atom. The third-order valence-electron chi connectivity index (χ3n) is 3.94. The van der Waals surface area contributed by atoms with E-state index in [4.69, 9.17) is 4.74 Å². The topological polar surface area (TPSA) is 106 Å². The summed E-state index contributed by atoms with van der Waals surface area (Å²) in [6, 6.07) is 10.1. The molecule has 2 heterocycles. The fourth-order valence-electron chi connectivity index (χ4n) is 2.58. The standard InChI is InChI=1S/C18H18N4O4/c1-26-16-10-12(6-8-19-16)11-20-15(23)7-9-22-18(25)14-5-3-2-4-13(14)17(24)21-22/h2-6,8,10H,7,9,11H2,1H3,(H,20,23)(H,21,24). The molecular formula is C18H18N4O4. The first-order chi connectivity index (χ1) is 12.6. The highest BCUT2D eigenvalue weighted by Crippen LogP contribution is 2.08. The summed E-state index contributed by atoms with van der Waals surface area (Å²) in [5.41, 5.74) is 0.165. The minimum Gasteiger partial charge on any atom is -0.481 e. The zero-order valence-electron chi connectivity index (χ0n) is 14.2. The van der Waals surface area contributed by atoms with Crippen molar-refractivity contribution in [1.82, 2.24) is 20.1 Å². The molecule has 26 heavy (non-hydrogen) atoms. The predicted molar refractivity (Wildman–Crippen MR) is 96.1 cm³/mol. The third-order valence-corrected chi connectivity index (χ3v) is 3.94. The SMILES string of the molecule is COc1cc(CNC(=O)CCn2[nH]c(=O)c3ccccc3c2=O)ccn1. The Morgan fingerprint density at radius 3 is 2.77 bits per heavy atom. The number of hydrogen-bond acceptors (Lipinski definition) is 5. The van der Waals surface area contributed by atoms with E-state index in [-0.39, 0.29) is 30.0 Å². The van der Waals surface area contributed by atoms with Gasteiger partial charge in [0.1, 0.15) is 0 Å². The van der Waals surface area contributed by atoms with Crippen molar-refractivity contribution in [1.29, 1.82) is 0 Å². The van der Waals surface area contributed by atoms with Crippen molar-refractivity contribution in [2.24, 2.45) is 0 Å². The maximum atomic E-state index is 12.4. The number of rotatable bonds is 6. The van der Waals surface area contributed by atoms with E-state index in [1.807, 2.05) is 0 Å². The van der Waals surface area contributed by atoms with Gasteiger partial charge in [-0.2, -0.15) is 0 Å². The molecule has 2 aromatic heterocycles. The number of fused-ring (bicyclic) bond motifs is 1. The summed E-state index contributed by atoms with van der Waals surface area (Å²) >= 11 is 0. The number of nitrogens with zero attached hydrogens (tertiary/aromatic N) is 2. The molecular weight excluding hydrogens is 336 g/mol. The van der Waals surface area contributed by atoms with Gasteiger partial charge in [-0.25, -0.2) is 9.67 Å². The maximum Gasteiger partial charge on any atom is 0.273 e. The Kier molecular flexibility index (Phi) is 5.12. The number of aromatic nitrogens is 3. The van der Waals surface area contributed by atoms with Crippen LogP contribution in [0.3, 0.4) is 0 Å². The van der Waals surface area contributed by atoms with Crippen LogP contribution in [0.5, 0.6) is 5.88 Å². The molecule has 1 aromatic carbocycles. The van der Waals surface area contributed by atoms with E-state index >= 15 is 0 Å². The van der Waals surface area contributed by atoms with Gasteiger partial charge in [0.05, 0.1) is 24.4 Å². The summed E-state index contributed by atoms with van der Waals surface area (Å²) in [6.07, 6.45) is 1.66. The lowest BCUT2D eigenvalue weighted by Gasteiger charge is -2.08. The Morgan fingerprint density at radius 2 is 2.00 bits per heavy atom. The number of methoxy groups -OCH3 is 1. The molecule has 0 aliphatic carbocycles. The molecule has 0 atom stereocenters. The first-order valence-corrected chi connectivity index (χ1v) is 8.06. The van der Waals surface area contributed by atoms with Crippen LogP contribution >= 0.6 is 0 Å². The van der Waals surface area contributed by atoms with Crippen molar-refractivity contribution in [3.63, 3.8) is 0 Å². The minimum atomic E-state index is -0.357. The summed E-state index contributed by atoms with van der Waals surface area (Å²) in [5, 5.41) is 5.94. The second kappa shape index (κ2) is 7.64. The first-order valence-electron chi connectivity index (χ1n) is 8.06. The van der Waals surface area contributed by atoms with Gasteiger partial charge in [0, 0.05) is 25.2 Å². The van der Waals surface area contributed by atoms with Crippen LogP contribution in [0.1, 0.15) is 12.0 Å². The number of carbonyl (C=O) groups excluding carboxylic acids is 1. The molecule has 8 nitrogen and oxygen atoms in total. The largest absolute Gasteiger partial charge is 0.481 e. The Bertz CT molecular complexity index is 1050. The van der Waals surface area contributed by atoms with Crippen LogP contribution in [0.4, 0.5) is 0 Å². The van der Waals surface area contributed by atoms with E-state index < -0.39 is 0 Å². The average molecular weight is 354 g/mol. The average Bonchev–Trinajstić information content (AvgIpc) is 2.68. The fourth-order valence-corrected chi connectivity index (χ4v) is 2.58. The molecule has 3 aromatic rings. The number of H-pyrrole nitrogens is 1. The molecule has 0 radical (unpaired) electrons. The molecule has 8 heteroatoms. The van der Waals surface area contributed by atoms with Crippen molar-refractivity contribution in [2.75, 3.05) is 7.11 Å². The van der Waals surface area contributed by atoms with Crippen molar-refractivity contribution in [3.05, 3.63) is 68.9 Å². The zero-order valence-corrected chi connectivity index (χ0v) is 14.2. The molecule has 0 saturated heterocycles. The smallest absolute Gasteiger partial charge is 0.273 e. The summed E-state index contributed by atoms with van der Waals surface area (Å²) in [4.78, 5) is 40.5. The highest BCUT2D eigenvalue weighted by molar-refractivity contribution is 5.80. The Hall–Kier alpha value is -3.42. The minimum absolute atomic E-state index is 0.0659. The number of hydrogen-bond donors (Lipinski definition) is 2. The highest BCUT2D eigenvalue weighted by Gasteiger charge is 2.08. The Labute approximate surface area is 148 Å². The number of benzene rings is 1. The van der Waals surface area contributed by atoms with E-state index in [0.717, 1.165) is 5.56 Å². The van der Waals surface area contributed by atoms with Crippen molar-refractivity contribution in [2.45, 2.75) is 19.5 Å². The molecule has 1 amide bonds. The number of amides is 1. The van der Waals surface area contributed by atoms with Gasteiger partial charge in [-0.05, 0) is 23.8 Å². The third kappa shape index (κ3) is 3.80. The number of pyridine rings is 1. The van der Waals surface area contributed by atoms with Crippen molar-refractivity contribution in [3.8, 4) is 5.88 Å². The Balaban J connectivity index is 1.64. The van der Waals surface area contributed by atoms with Crippen LogP contribution in [-0.2, 0) is 17.9 Å². The van der Waals surface area contributed by atoms with Gasteiger partial charge in [0.25, 0.3) is 11.1 Å². The lowest BCUT2D eigenvalue weighted by Crippen LogP contribution is -2.32. The van der Waals surface area contributed by atoms with E-state index in [0.29, 0.717) is 23.2 Å². The van der Waals surface area contributed by atoms with Crippen LogP contribution in [0.2, 0.25) is 0 Å². The van der Waals surface area contributed by atoms with E-state index in [9.17, 15) is 14.4 Å². The molecule has 0 aliphatic heterocycles. The lowest BCUT2D eigenvalue weighted by atomic mass is 10.2. The molecule has 134 valence electrons. The van der Waals surface area contributed by atoms with Crippen LogP contribution < -0.4 is 21.2 Å². The summed E-state index contributed by atoms with van der Waals surface area (Å²) in [5.74, 6) is 0.235. The van der Waals surface area contributed by atoms with Gasteiger partial charge >= 0.3 is 0 Å². The normalized spacial score (nSPS) is 10.7. The molecule has 0 unspecified atom stereocenters. The zero-order chi connectivity index (χ0) is 18.5. The monoisotopic (exact) mass is 354 g/mol. The number of ether oxygens (including phenoxy) is 1. The summed E-state index contributed by atoms with van der Waals surface area (Å²) in [6.45, 7) is 0.408. The molecule has 2 N–H and O–H groups in total. The molecule has 3 rings (SSSR count). The van der Waals surface area contributed by atoms with Crippen LogP contribution in [0, 0.1) is 0 Å². The predicted octanol–water partition coefficient (Wildman–Crippen LogP) is 0.800. The van der Waals surface area contributed by atoms with Gasteiger partial charge < -0.3 is 10.1 Å². The maximum absolute atomic E-state index is 12.4. The summed E-state index contributed by atoms with van der Waals surface area (Å²) < 4.78 is 6.20. The molecule has 0 aliphatic rings. The highest BCUT2D eigenvalue weighted by atomic mass is 16.5. The molecule has 0 fully saturated rings. The van der Waals surface area contributed by atoms with Crippen molar-refractivity contribution >= 4 is 16.7 Å². The first kappa shape index (κ1) is 17.4. The van der Waals surface area contributed by atoms with Crippen LogP contribution in [-0.4, -0.2) is 27.8 Å². The van der Waals surface area contributed by atoms with Gasteiger partial charge in [0.2, 0.25) is 11.8 Å².